The summed E-state index contributed by atoms with van der Waals surface area (Å²) in [5.41, 5.74) is 6.11. The lowest BCUT2D eigenvalue weighted by molar-refractivity contribution is 0.198. The van der Waals surface area contributed by atoms with Crippen LogP contribution in [0.15, 0.2) is 29.2 Å². The molecule has 0 atom stereocenters. The first-order valence-electron chi connectivity index (χ1n) is 6.99. The van der Waals surface area contributed by atoms with Crippen molar-refractivity contribution >= 4 is 27.2 Å². The summed E-state index contributed by atoms with van der Waals surface area (Å²) in [6.07, 6.45) is 3.23. The summed E-state index contributed by atoms with van der Waals surface area (Å²) in [6.45, 7) is 0.312. The Bertz CT molecular complexity index is 612. The van der Waals surface area contributed by atoms with Crippen molar-refractivity contribution in [3.8, 4) is 0 Å². The third-order valence-electron chi connectivity index (χ3n) is 3.74. The SMILES string of the molecule is NC(=S)c1cccc(S(=O)(=O)N(CCCO)C2CCC2)c1. The predicted octanol–water partition coefficient (Wildman–Crippen LogP) is 1.25. The summed E-state index contributed by atoms with van der Waals surface area (Å²) in [5.74, 6) is 0. The number of nitrogens with two attached hydrogens (primary N) is 1. The van der Waals surface area contributed by atoms with Gasteiger partial charge in [-0.1, -0.05) is 30.8 Å². The quantitative estimate of drug-likeness (QED) is 0.736. The molecule has 0 aliphatic heterocycles. The van der Waals surface area contributed by atoms with Crippen LogP contribution >= 0.6 is 12.2 Å². The van der Waals surface area contributed by atoms with Crippen molar-refractivity contribution in [2.24, 2.45) is 5.73 Å². The number of nitrogens with zero attached hydrogens (tertiary/aromatic N) is 1. The minimum atomic E-state index is -3.58. The highest BCUT2D eigenvalue weighted by Gasteiger charge is 2.34. The van der Waals surface area contributed by atoms with Crippen LogP contribution in [0.4, 0.5) is 0 Å². The van der Waals surface area contributed by atoms with Crippen molar-refractivity contribution in [3.05, 3.63) is 29.8 Å². The Morgan fingerprint density at radius 2 is 2.14 bits per heavy atom. The molecule has 116 valence electrons. The van der Waals surface area contributed by atoms with Crippen LogP contribution in [0.2, 0.25) is 0 Å². The smallest absolute Gasteiger partial charge is 0.243 e. The van der Waals surface area contributed by atoms with Gasteiger partial charge in [0.1, 0.15) is 4.99 Å². The van der Waals surface area contributed by atoms with Crippen LogP contribution in [-0.4, -0.2) is 42.0 Å². The molecule has 1 aliphatic rings. The Balaban J connectivity index is 2.32. The lowest BCUT2D eigenvalue weighted by Gasteiger charge is -2.36. The predicted molar refractivity (Wildman–Crippen MR) is 85.6 cm³/mol. The van der Waals surface area contributed by atoms with E-state index in [0.29, 0.717) is 18.5 Å². The first-order chi connectivity index (χ1) is 9.96. The number of sulfonamides is 1. The van der Waals surface area contributed by atoms with Gasteiger partial charge in [0.15, 0.2) is 0 Å². The van der Waals surface area contributed by atoms with Gasteiger partial charge < -0.3 is 10.8 Å². The molecule has 2 rings (SSSR count). The van der Waals surface area contributed by atoms with E-state index in [2.05, 4.69) is 0 Å². The molecule has 21 heavy (non-hydrogen) atoms. The average Bonchev–Trinajstić information content (AvgIpc) is 2.41. The number of thiocarbonyl (C=S) groups is 1. The van der Waals surface area contributed by atoms with E-state index in [1.807, 2.05) is 0 Å². The molecule has 0 aromatic heterocycles. The molecule has 0 heterocycles. The second-order valence-electron chi connectivity index (χ2n) is 5.17. The zero-order chi connectivity index (χ0) is 15.5. The summed E-state index contributed by atoms with van der Waals surface area (Å²) < 4.78 is 27.1. The van der Waals surface area contributed by atoms with Crippen LogP contribution in [0.25, 0.3) is 0 Å². The maximum Gasteiger partial charge on any atom is 0.243 e. The Morgan fingerprint density at radius 1 is 1.43 bits per heavy atom. The van der Waals surface area contributed by atoms with Crippen LogP contribution in [0.1, 0.15) is 31.2 Å². The molecule has 7 heteroatoms. The third kappa shape index (κ3) is 3.60. The molecule has 0 unspecified atom stereocenters. The number of hydrogen-bond acceptors (Lipinski definition) is 4. The Labute approximate surface area is 130 Å². The molecule has 0 radical (unpaired) electrons. The van der Waals surface area contributed by atoms with Crippen LogP contribution < -0.4 is 5.73 Å². The molecule has 1 aromatic carbocycles. The van der Waals surface area contributed by atoms with E-state index in [1.54, 1.807) is 18.2 Å². The Kier molecular flexibility index (Phi) is 5.32. The fourth-order valence-corrected chi connectivity index (χ4v) is 4.24. The number of aliphatic hydroxyl groups excluding tert-OH is 1. The molecule has 1 aromatic rings. The Hall–Kier alpha value is -1.02. The van der Waals surface area contributed by atoms with Gasteiger partial charge in [0.25, 0.3) is 0 Å². The minimum Gasteiger partial charge on any atom is -0.396 e. The molecular formula is C14H20N2O3S2. The zero-order valence-corrected chi connectivity index (χ0v) is 13.4. The summed E-state index contributed by atoms with van der Waals surface area (Å²) in [6, 6.07) is 6.45. The number of hydrogen-bond donors (Lipinski definition) is 2. The van der Waals surface area contributed by atoms with Crippen molar-refractivity contribution in [3.63, 3.8) is 0 Å². The van der Waals surface area contributed by atoms with Gasteiger partial charge in [-0.15, -0.1) is 0 Å². The van der Waals surface area contributed by atoms with E-state index in [1.165, 1.54) is 10.4 Å². The number of aliphatic hydroxyl groups is 1. The summed E-state index contributed by atoms with van der Waals surface area (Å²) in [4.78, 5) is 0.384. The highest BCUT2D eigenvalue weighted by atomic mass is 32.2. The Morgan fingerprint density at radius 3 is 2.67 bits per heavy atom. The van der Waals surface area contributed by atoms with Crippen molar-refractivity contribution in [1.82, 2.24) is 4.31 Å². The molecular weight excluding hydrogens is 308 g/mol. The van der Waals surface area contributed by atoms with Gasteiger partial charge in [-0.25, -0.2) is 8.42 Å². The van der Waals surface area contributed by atoms with Crippen molar-refractivity contribution in [2.45, 2.75) is 36.6 Å². The maximum atomic E-state index is 12.8. The lowest BCUT2D eigenvalue weighted by Crippen LogP contribution is -2.44. The van der Waals surface area contributed by atoms with Crippen LogP contribution in [0, 0.1) is 0 Å². The van der Waals surface area contributed by atoms with Gasteiger partial charge in [0.2, 0.25) is 10.0 Å². The largest absolute Gasteiger partial charge is 0.396 e. The normalized spacial score (nSPS) is 15.9. The van der Waals surface area contributed by atoms with E-state index in [-0.39, 0.29) is 22.5 Å². The van der Waals surface area contributed by atoms with Crippen LogP contribution in [0.3, 0.4) is 0 Å². The van der Waals surface area contributed by atoms with Crippen molar-refractivity contribution in [1.29, 1.82) is 0 Å². The standard InChI is InChI=1S/C14H20N2O3S2/c15-14(20)11-4-1-7-13(10-11)21(18,19)16(8-3-9-17)12-5-2-6-12/h1,4,7,10,12,17H,2-3,5-6,8-9H2,(H2,15,20). The molecule has 0 saturated heterocycles. The van der Waals surface area contributed by atoms with Crippen molar-refractivity contribution in [2.75, 3.05) is 13.2 Å². The van der Waals surface area contributed by atoms with Gasteiger partial charge in [0, 0.05) is 24.8 Å². The van der Waals surface area contributed by atoms with E-state index in [9.17, 15) is 8.42 Å². The third-order valence-corrected chi connectivity index (χ3v) is 5.93. The molecule has 1 fully saturated rings. The fraction of sp³-hybridized carbons (Fsp3) is 0.500. The highest BCUT2D eigenvalue weighted by molar-refractivity contribution is 7.89. The minimum absolute atomic E-state index is 0.0222. The van der Waals surface area contributed by atoms with Crippen LogP contribution in [-0.2, 0) is 10.0 Å². The lowest BCUT2D eigenvalue weighted by atomic mass is 9.93. The van der Waals surface area contributed by atoms with E-state index in [0.717, 1.165) is 19.3 Å². The van der Waals surface area contributed by atoms with Gasteiger partial charge in [-0.3, -0.25) is 0 Å². The second-order valence-corrected chi connectivity index (χ2v) is 7.50. The number of rotatable bonds is 7. The topological polar surface area (TPSA) is 83.6 Å². The first-order valence-corrected chi connectivity index (χ1v) is 8.84. The zero-order valence-electron chi connectivity index (χ0n) is 11.7. The monoisotopic (exact) mass is 328 g/mol. The average molecular weight is 328 g/mol. The molecule has 0 bridgehead atoms. The van der Waals surface area contributed by atoms with Gasteiger partial charge in [-0.05, 0) is 31.4 Å². The second kappa shape index (κ2) is 6.83. The van der Waals surface area contributed by atoms with Gasteiger partial charge in [0.05, 0.1) is 4.90 Å². The van der Waals surface area contributed by atoms with E-state index in [4.69, 9.17) is 23.1 Å². The highest BCUT2D eigenvalue weighted by Crippen LogP contribution is 2.30. The molecule has 1 saturated carbocycles. The van der Waals surface area contributed by atoms with Crippen LogP contribution in [0.5, 0.6) is 0 Å². The van der Waals surface area contributed by atoms with Gasteiger partial charge in [-0.2, -0.15) is 4.31 Å². The summed E-state index contributed by atoms with van der Waals surface area (Å²) >= 11 is 4.90. The molecule has 0 amide bonds. The first kappa shape index (κ1) is 16.4. The number of benzene rings is 1. The van der Waals surface area contributed by atoms with Gasteiger partial charge >= 0.3 is 0 Å². The molecule has 1 aliphatic carbocycles. The molecule has 0 spiro atoms. The van der Waals surface area contributed by atoms with Crippen molar-refractivity contribution < 1.29 is 13.5 Å². The maximum absolute atomic E-state index is 12.8. The van der Waals surface area contributed by atoms with E-state index < -0.39 is 10.0 Å². The fourth-order valence-electron chi connectivity index (χ4n) is 2.35. The molecule has 5 nitrogen and oxygen atoms in total. The summed E-state index contributed by atoms with van der Waals surface area (Å²) in [7, 11) is -3.58. The summed E-state index contributed by atoms with van der Waals surface area (Å²) in [5, 5.41) is 8.99. The molecule has 3 N–H and O–H groups in total. The van der Waals surface area contributed by atoms with E-state index >= 15 is 0 Å².